The van der Waals surface area contributed by atoms with Gasteiger partial charge in [0.15, 0.2) is 0 Å². The van der Waals surface area contributed by atoms with E-state index in [1.54, 1.807) is 6.33 Å². The molecule has 154 valence electrons. The van der Waals surface area contributed by atoms with Gasteiger partial charge in [0.2, 0.25) is 11.8 Å². The molecule has 2 atom stereocenters. The van der Waals surface area contributed by atoms with E-state index in [2.05, 4.69) is 4.98 Å². The third kappa shape index (κ3) is 2.98. The van der Waals surface area contributed by atoms with Gasteiger partial charge in [-0.15, -0.1) is 0 Å². The Hall–Kier alpha value is -3.15. The number of rotatable bonds is 3. The molecule has 2 saturated heterocycles. The summed E-state index contributed by atoms with van der Waals surface area (Å²) in [5, 5.41) is 0. The summed E-state index contributed by atoms with van der Waals surface area (Å²) in [4.78, 5) is 35.0. The molecule has 3 aromatic rings. The highest BCUT2D eigenvalue weighted by atomic mass is 16.2. The lowest BCUT2D eigenvalue weighted by Crippen LogP contribution is -2.49. The molecule has 5 rings (SSSR count). The minimum atomic E-state index is -0.495. The van der Waals surface area contributed by atoms with Crippen molar-refractivity contribution in [2.24, 2.45) is 5.41 Å². The first-order valence-electron chi connectivity index (χ1n) is 10.6. The number of nitrogens with zero attached hydrogens (tertiary/aromatic N) is 4. The Morgan fingerprint density at radius 1 is 1.03 bits per heavy atom. The van der Waals surface area contributed by atoms with Crippen molar-refractivity contribution in [1.29, 1.82) is 0 Å². The van der Waals surface area contributed by atoms with Gasteiger partial charge in [0, 0.05) is 26.7 Å². The summed E-state index contributed by atoms with van der Waals surface area (Å²) < 4.78 is 1.97. The predicted octanol–water partition coefficient (Wildman–Crippen LogP) is 3.10. The molecule has 0 aliphatic carbocycles. The van der Waals surface area contributed by atoms with Crippen molar-refractivity contribution in [3.8, 4) is 0 Å². The van der Waals surface area contributed by atoms with Gasteiger partial charge < -0.3 is 14.4 Å². The largest absolute Gasteiger partial charge is 0.345 e. The van der Waals surface area contributed by atoms with E-state index in [4.69, 9.17) is 0 Å². The van der Waals surface area contributed by atoms with Gasteiger partial charge >= 0.3 is 0 Å². The maximum Gasteiger partial charge on any atom is 0.250 e. The maximum absolute atomic E-state index is 13.9. The third-order valence-corrected chi connectivity index (χ3v) is 6.72. The summed E-state index contributed by atoms with van der Waals surface area (Å²) in [7, 11) is 1.87. The van der Waals surface area contributed by atoms with Crippen LogP contribution in [-0.2, 0) is 9.59 Å². The van der Waals surface area contributed by atoms with E-state index >= 15 is 0 Å². The highest BCUT2D eigenvalue weighted by Gasteiger charge is 2.49. The quantitative estimate of drug-likeness (QED) is 0.676. The number of para-hydroxylation sites is 2. The molecule has 2 aliphatic rings. The molecule has 1 spiro atoms. The van der Waals surface area contributed by atoms with Crippen LogP contribution in [0, 0.1) is 5.41 Å². The molecule has 30 heavy (non-hydrogen) atoms. The number of amides is 2. The van der Waals surface area contributed by atoms with Crippen LogP contribution in [0.5, 0.6) is 0 Å². The van der Waals surface area contributed by atoms with Gasteiger partial charge in [-0.1, -0.05) is 42.5 Å². The SMILES string of the molecule is CN1CCCC2(CCN(C(=O)C(c3ccccc3)n3cnc4ccccc43)C2)C1=O. The molecule has 2 aliphatic heterocycles. The molecule has 6 heteroatoms. The minimum absolute atomic E-state index is 0.0299. The first-order valence-corrected chi connectivity index (χ1v) is 10.6. The number of piperidine rings is 1. The summed E-state index contributed by atoms with van der Waals surface area (Å²) in [6.45, 7) is 1.93. The third-order valence-electron chi connectivity index (χ3n) is 6.72. The molecular formula is C24H26N4O2. The van der Waals surface area contributed by atoms with E-state index in [1.165, 1.54) is 0 Å². The normalized spacial score (nSPS) is 22.8. The van der Waals surface area contributed by atoms with E-state index in [-0.39, 0.29) is 11.8 Å². The fourth-order valence-electron chi connectivity index (χ4n) is 5.12. The van der Waals surface area contributed by atoms with Gasteiger partial charge in [-0.2, -0.15) is 0 Å². The molecular weight excluding hydrogens is 376 g/mol. The zero-order chi connectivity index (χ0) is 20.7. The minimum Gasteiger partial charge on any atom is -0.345 e. The molecule has 3 heterocycles. The number of hydrogen-bond donors (Lipinski definition) is 0. The molecule has 2 unspecified atom stereocenters. The highest BCUT2D eigenvalue weighted by molar-refractivity contribution is 5.89. The first-order chi connectivity index (χ1) is 14.6. The second-order valence-electron chi connectivity index (χ2n) is 8.57. The van der Waals surface area contributed by atoms with Gasteiger partial charge in [0.05, 0.1) is 22.8 Å². The summed E-state index contributed by atoms with van der Waals surface area (Å²) >= 11 is 0. The Kier molecular flexibility index (Phi) is 4.57. The van der Waals surface area contributed by atoms with Crippen LogP contribution in [-0.4, -0.2) is 57.8 Å². The van der Waals surface area contributed by atoms with Gasteiger partial charge in [0.25, 0.3) is 0 Å². The van der Waals surface area contributed by atoms with E-state index < -0.39 is 11.5 Å². The average molecular weight is 402 g/mol. The molecule has 0 bridgehead atoms. The molecule has 0 radical (unpaired) electrons. The van der Waals surface area contributed by atoms with Crippen LogP contribution in [0.25, 0.3) is 11.0 Å². The van der Waals surface area contributed by atoms with Crippen LogP contribution in [0.2, 0.25) is 0 Å². The predicted molar refractivity (Wildman–Crippen MR) is 115 cm³/mol. The smallest absolute Gasteiger partial charge is 0.250 e. The van der Waals surface area contributed by atoms with Crippen molar-refractivity contribution in [2.75, 3.05) is 26.7 Å². The van der Waals surface area contributed by atoms with Crippen molar-refractivity contribution >= 4 is 22.8 Å². The number of fused-ring (bicyclic) bond motifs is 1. The van der Waals surface area contributed by atoms with Crippen LogP contribution in [0.4, 0.5) is 0 Å². The molecule has 6 nitrogen and oxygen atoms in total. The zero-order valence-electron chi connectivity index (χ0n) is 17.2. The fourth-order valence-corrected chi connectivity index (χ4v) is 5.12. The molecule has 2 amide bonds. The van der Waals surface area contributed by atoms with Crippen LogP contribution >= 0.6 is 0 Å². The van der Waals surface area contributed by atoms with E-state index in [0.717, 1.165) is 42.4 Å². The molecule has 0 N–H and O–H groups in total. The fraction of sp³-hybridized carbons (Fsp3) is 0.375. The molecule has 1 aromatic heterocycles. The van der Waals surface area contributed by atoms with Crippen molar-refractivity contribution < 1.29 is 9.59 Å². The number of hydrogen-bond acceptors (Lipinski definition) is 3. The van der Waals surface area contributed by atoms with Crippen LogP contribution in [0.15, 0.2) is 60.9 Å². The van der Waals surface area contributed by atoms with E-state index in [0.29, 0.717) is 13.1 Å². The van der Waals surface area contributed by atoms with Gasteiger partial charge in [-0.25, -0.2) is 4.98 Å². The lowest BCUT2D eigenvalue weighted by Gasteiger charge is -2.37. The topological polar surface area (TPSA) is 58.4 Å². The second-order valence-corrected chi connectivity index (χ2v) is 8.57. The Morgan fingerprint density at radius 2 is 1.80 bits per heavy atom. The first kappa shape index (κ1) is 18.9. The number of imidazole rings is 1. The number of aromatic nitrogens is 2. The van der Waals surface area contributed by atoms with E-state index in [9.17, 15) is 9.59 Å². The number of likely N-dealkylation sites (tertiary alicyclic amines) is 2. The zero-order valence-corrected chi connectivity index (χ0v) is 17.2. The second kappa shape index (κ2) is 7.27. The summed E-state index contributed by atoms with van der Waals surface area (Å²) in [6.07, 6.45) is 4.36. The van der Waals surface area contributed by atoms with Crippen molar-refractivity contribution in [3.63, 3.8) is 0 Å². The molecule has 2 fully saturated rings. The summed E-state index contributed by atoms with van der Waals surface area (Å²) in [6, 6.07) is 17.2. The Labute approximate surface area is 176 Å². The standard InChI is InChI=1S/C24H26N4O2/c1-26-14-7-12-24(23(26)30)13-15-27(16-24)22(29)21(18-8-3-2-4-9-18)28-17-25-19-10-5-6-11-20(19)28/h2-6,8-11,17,21H,7,12-16H2,1H3. The van der Waals surface area contributed by atoms with Crippen LogP contribution < -0.4 is 0 Å². The van der Waals surface area contributed by atoms with Crippen molar-refractivity contribution in [2.45, 2.75) is 25.3 Å². The summed E-state index contributed by atoms with van der Waals surface area (Å²) in [5.74, 6) is 0.218. The monoisotopic (exact) mass is 402 g/mol. The Bertz CT molecular complexity index is 1090. The van der Waals surface area contributed by atoms with Crippen molar-refractivity contribution in [1.82, 2.24) is 19.4 Å². The van der Waals surface area contributed by atoms with Crippen LogP contribution in [0.3, 0.4) is 0 Å². The Balaban J connectivity index is 1.51. The number of benzene rings is 2. The van der Waals surface area contributed by atoms with Gasteiger partial charge in [-0.05, 0) is 37.0 Å². The molecule has 0 saturated carbocycles. The number of carbonyl (C=O) groups is 2. The van der Waals surface area contributed by atoms with Crippen LogP contribution in [0.1, 0.15) is 30.9 Å². The highest BCUT2D eigenvalue weighted by Crippen LogP contribution is 2.41. The summed E-state index contributed by atoms with van der Waals surface area (Å²) in [5.41, 5.74) is 2.31. The Morgan fingerprint density at radius 3 is 2.63 bits per heavy atom. The van der Waals surface area contributed by atoms with Gasteiger partial charge in [-0.3, -0.25) is 9.59 Å². The number of carbonyl (C=O) groups excluding carboxylic acids is 2. The lowest BCUT2D eigenvalue weighted by molar-refractivity contribution is -0.144. The van der Waals surface area contributed by atoms with Gasteiger partial charge in [0.1, 0.15) is 6.04 Å². The maximum atomic E-state index is 13.9. The average Bonchev–Trinajstić information content (AvgIpc) is 3.39. The van der Waals surface area contributed by atoms with E-state index in [1.807, 2.05) is 76.0 Å². The van der Waals surface area contributed by atoms with Crippen molar-refractivity contribution in [3.05, 3.63) is 66.5 Å². The molecule has 2 aromatic carbocycles. The lowest BCUT2D eigenvalue weighted by atomic mass is 9.78.